The highest BCUT2D eigenvalue weighted by Crippen LogP contribution is 2.54. The van der Waals surface area contributed by atoms with Gasteiger partial charge in [0.05, 0.1) is 29.1 Å². The number of amides is 1. The minimum absolute atomic E-state index is 0.0178. The van der Waals surface area contributed by atoms with Crippen molar-refractivity contribution >= 4 is 44.8 Å². The predicted octanol–water partition coefficient (Wildman–Crippen LogP) is 6.24. The number of rotatable bonds is 4. The van der Waals surface area contributed by atoms with Crippen LogP contribution in [0.25, 0.3) is 0 Å². The van der Waals surface area contributed by atoms with E-state index in [0.29, 0.717) is 0 Å². The molecule has 3 N–H and O–H groups in total. The van der Waals surface area contributed by atoms with E-state index in [0.717, 1.165) is 0 Å². The molecule has 0 aliphatic heterocycles. The SMILES string of the molecule is COc1c(N)cccc1C(=O)Nc1c(Cl)cc(C(F)(C(F)(F)F)C(F)(F)F)cc1Br. The van der Waals surface area contributed by atoms with Gasteiger partial charge in [0, 0.05) is 10.0 Å². The van der Waals surface area contributed by atoms with Crippen molar-refractivity contribution < 1.29 is 40.3 Å². The standard InChI is InChI=1S/C17H11BrClF7N2O2/c1-30-13-8(3-2-4-11(13)27)14(29)28-12-9(18)5-7(6-10(12)19)15(20,16(21,22)23)17(24,25)26/h2-6H,27H2,1H3,(H,28,29). The minimum atomic E-state index is -6.31. The number of carbonyl (C=O) groups excluding carboxylic acids is 1. The first-order valence-corrected chi connectivity index (χ1v) is 8.88. The Kier molecular flexibility index (Phi) is 6.53. The van der Waals surface area contributed by atoms with Crippen LogP contribution in [0.3, 0.4) is 0 Å². The van der Waals surface area contributed by atoms with Crippen molar-refractivity contribution in [1.29, 1.82) is 0 Å². The van der Waals surface area contributed by atoms with Crippen LogP contribution in [0.1, 0.15) is 15.9 Å². The third-order valence-corrected chi connectivity index (χ3v) is 4.88. The Morgan fingerprint density at radius 3 is 2.13 bits per heavy atom. The minimum Gasteiger partial charge on any atom is -0.494 e. The molecule has 0 bridgehead atoms. The summed E-state index contributed by atoms with van der Waals surface area (Å²) >= 11 is 8.49. The van der Waals surface area contributed by atoms with E-state index in [1.54, 1.807) is 0 Å². The first-order chi connectivity index (χ1) is 13.6. The molecule has 13 heteroatoms. The van der Waals surface area contributed by atoms with Crippen LogP contribution >= 0.6 is 27.5 Å². The summed E-state index contributed by atoms with van der Waals surface area (Å²) in [6.45, 7) is 0. The molecular weight excluding hydrogens is 513 g/mol. The van der Waals surface area contributed by atoms with Crippen LogP contribution in [0.2, 0.25) is 5.02 Å². The van der Waals surface area contributed by atoms with Crippen molar-refractivity contribution in [2.45, 2.75) is 18.0 Å². The molecule has 1 amide bonds. The lowest BCUT2D eigenvalue weighted by Crippen LogP contribution is -2.50. The Hall–Kier alpha value is -2.21. The molecule has 0 radical (unpaired) electrons. The summed E-state index contributed by atoms with van der Waals surface area (Å²) < 4.78 is 96.5. The fraction of sp³-hybridized carbons (Fsp3) is 0.235. The summed E-state index contributed by atoms with van der Waals surface area (Å²) in [5.74, 6) is -0.900. The number of methoxy groups -OCH3 is 1. The van der Waals surface area contributed by atoms with E-state index in [2.05, 4.69) is 21.2 Å². The lowest BCUT2D eigenvalue weighted by molar-refractivity contribution is -0.348. The Morgan fingerprint density at radius 2 is 1.67 bits per heavy atom. The zero-order valence-corrected chi connectivity index (χ0v) is 17.0. The molecule has 164 valence electrons. The molecule has 0 atom stereocenters. The van der Waals surface area contributed by atoms with Crippen LogP contribution in [0.5, 0.6) is 5.75 Å². The van der Waals surface area contributed by atoms with E-state index >= 15 is 0 Å². The maximum Gasteiger partial charge on any atom is 0.435 e. The second kappa shape index (κ2) is 8.14. The van der Waals surface area contributed by atoms with Crippen LogP contribution in [0, 0.1) is 0 Å². The molecule has 4 nitrogen and oxygen atoms in total. The fourth-order valence-electron chi connectivity index (χ4n) is 2.52. The Balaban J connectivity index is 2.52. The first-order valence-electron chi connectivity index (χ1n) is 7.70. The molecule has 2 aromatic carbocycles. The number of halogens is 9. The van der Waals surface area contributed by atoms with Gasteiger partial charge >= 0.3 is 18.0 Å². The number of nitrogens with one attached hydrogen (secondary N) is 1. The van der Waals surface area contributed by atoms with E-state index in [-0.39, 0.29) is 34.8 Å². The van der Waals surface area contributed by atoms with Crippen LogP contribution in [0.15, 0.2) is 34.8 Å². The van der Waals surface area contributed by atoms with Crippen molar-refractivity contribution in [3.8, 4) is 5.75 Å². The number of carbonyl (C=O) groups is 1. The van der Waals surface area contributed by atoms with Gasteiger partial charge in [-0.25, -0.2) is 4.39 Å². The zero-order chi connectivity index (χ0) is 23.1. The first kappa shape index (κ1) is 24.1. The van der Waals surface area contributed by atoms with Gasteiger partial charge in [-0.15, -0.1) is 0 Å². The highest BCUT2D eigenvalue weighted by Gasteiger charge is 2.73. The largest absolute Gasteiger partial charge is 0.494 e. The number of nitrogen functional groups attached to an aromatic ring is 1. The smallest absolute Gasteiger partial charge is 0.435 e. The van der Waals surface area contributed by atoms with Gasteiger partial charge in [-0.05, 0) is 40.2 Å². The van der Waals surface area contributed by atoms with Gasteiger partial charge in [-0.1, -0.05) is 17.7 Å². The van der Waals surface area contributed by atoms with Gasteiger partial charge in [-0.3, -0.25) is 4.79 Å². The number of benzene rings is 2. The molecule has 0 saturated carbocycles. The maximum atomic E-state index is 14.3. The number of para-hydroxylation sites is 1. The van der Waals surface area contributed by atoms with Crippen LogP contribution in [-0.2, 0) is 5.67 Å². The third-order valence-electron chi connectivity index (χ3n) is 3.95. The molecule has 0 aromatic heterocycles. The Morgan fingerprint density at radius 1 is 1.10 bits per heavy atom. The Bertz CT molecular complexity index is 943. The van der Waals surface area contributed by atoms with Crippen LogP contribution < -0.4 is 15.8 Å². The number of hydrogen-bond acceptors (Lipinski definition) is 3. The van der Waals surface area contributed by atoms with Crippen molar-refractivity contribution in [3.05, 3.63) is 51.0 Å². The van der Waals surface area contributed by atoms with Gasteiger partial charge in [-0.2, -0.15) is 26.3 Å². The quantitative estimate of drug-likeness (QED) is 0.369. The number of alkyl halides is 7. The zero-order valence-electron chi connectivity index (χ0n) is 14.7. The lowest BCUT2D eigenvalue weighted by Gasteiger charge is -2.30. The highest BCUT2D eigenvalue weighted by atomic mass is 79.9. The lowest BCUT2D eigenvalue weighted by atomic mass is 9.94. The molecule has 2 aromatic rings. The summed E-state index contributed by atoms with van der Waals surface area (Å²) in [6, 6.07) is 4.53. The molecule has 0 aliphatic carbocycles. The van der Waals surface area contributed by atoms with Crippen molar-refractivity contribution in [2.75, 3.05) is 18.2 Å². The fourth-order valence-corrected chi connectivity index (χ4v) is 3.46. The van der Waals surface area contributed by atoms with E-state index in [1.807, 2.05) is 0 Å². The van der Waals surface area contributed by atoms with Gasteiger partial charge in [0.1, 0.15) is 0 Å². The molecule has 0 saturated heterocycles. The van der Waals surface area contributed by atoms with Crippen molar-refractivity contribution in [2.24, 2.45) is 0 Å². The van der Waals surface area contributed by atoms with Gasteiger partial charge in [0.25, 0.3) is 5.91 Å². The summed E-state index contributed by atoms with van der Waals surface area (Å²) in [4.78, 5) is 12.5. The van der Waals surface area contributed by atoms with E-state index in [9.17, 15) is 35.5 Å². The molecule has 0 aliphatic rings. The van der Waals surface area contributed by atoms with Crippen LogP contribution in [0.4, 0.5) is 42.1 Å². The summed E-state index contributed by atoms with van der Waals surface area (Å²) in [6.07, 6.45) is -12.6. The van der Waals surface area contributed by atoms with E-state index in [4.69, 9.17) is 22.1 Å². The average Bonchev–Trinajstić information content (AvgIpc) is 2.61. The van der Waals surface area contributed by atoms with Gasteiger partial charge in [0.2, 0.25) is 0 Å². The number of anilines is 2. The predicted molar refractivity (Wildman–Crippen MR) is 99.4 cm³/mol. The second-order valence-corrected chi connectivity index (χ2v) is 7.11. The second-order valence-electron chi connectivity index (χ2n) is 5.85. The van der Waals surface area contributed by atoms with E-state index < -0.39 is 39.0 Å². The number of ether oxygens (including phenoxy) is 1. The molecule has 0 heterocycles. The third kappa shape index (κ3) is 4.15. The van der Waals surface area contributed by atoms with Crippen LogP contribution in [-0.4, -0.2) is 25.4 Å². The summed E-state index contributed by atoms with van der Waals surface area (Å²) in [7, 11) is 1.23. The number of nitrogens with two attached hydrogens (primary N) is 1. The van der Waals surface area contributed by atoms with Crippen molar-refractivity contribution in [3.63, 3.8) is 0 Å². The highest BCUT2D eigenvalue weighted by molar-refractivity contribution is 9.10. The van der Waals surface area contributed by atoms with Gasteiger partial charge < -0.3 is 15.8 Å². The Labute approximate surface area is 178 Å². The topological polar surface area (TPSA) is 64.3 Å². The van der Waals surface area contributed by atoms with E-state index in [1.165, 1.54) is 25.3 Å². The van der Waals surface area contributed by atoms with Crippen molar-refractivity contribution in [1.82, 2.24) is 0 Å². The average molecular weight is 524 g/mol. The molecule has 0 fully saturated rings. The molecule has 30 heavy (non-hydrogen) atoms. The number of hydrogen-bond donors (Lipinski definition) is 2. The molecule has 0 unspecified atom stereocenters. The maximum absolute atomic E-state index is 14.3. The summed E-state index contributed by atoms with van der Waals surface area (Å²) in [5, 5.41) is 1.44. The monoisotopic (exact) mass is 522 g/mol. The summed E-state index contributed by atoms with van der Waals surface area (Å²) in [5.41, 5.74) is -2.18. The molecule has 0 spiro atoms. The molecule has 2 rings (SSSR count). The normalized spacial score (nSPS) is 12.6. The van der Waals surface area contributed by atoms with Gasteiger partial charge in [0.15, 0.2) is 5.75 Å². The molecular formula is C17H11BrClF7N2O2.